The van der Waals surface area contributed by atoms with Gasteiger partial charge in [0.1, 0.15) is 11.3 Å². The van der Waals surface area contributed by atoms with Crippen molar-refractivity contribution in [1.29, 1.82) is 0 Å². The SMILES string of the molecule is c1cnc2c(c1)nc(CC1CCCS1)n2CC1CCCCO1. The predicted molar refractivity (Wildman–Crippen MR) is 90.3 cm³/mol. The number of imidazole rings is 1. The van der Waals surface area contributed by atoms with Crippen molar-refractivity contribution in [2.75, 3.05) is 12.4 Å². The van der Waals surface area contributed by atoms with Crippen molar-refractivity contribution in [1.82, 2.24) is 14.5 Å². The molecule has 22 heavy (non-hydrogen) atoms. The molecule has 118 valence electrons. The summed E-state index contributed by atoms with van der Waals surface area (Å²) in [7, 11) is 0. The normalized spacial score (nSPS) is 25.8. The minimum absolute atomic E-state index is 0.322. The van der Waals surface area contributed by atoms with Gasteiger partial charge in [-0.2, -0.15) is 11.8 Å². The van der Waals surface area contributed by atoms with E-state index in [4.69, 9.17) is 9.72 Å². The van der Waals surface area contributed by atoms with Gasteiger partial charge in [-0.05, 0) is 50.0 Å². The van der Waals surface area contributed by atoms with Crippen LogP contribution in [0.5, 0.6) is 0 Å². The first-order chi connectivity index (χ1) is 10.9. The molecule has 4 nitrogen and oxygen atoms in total. The van der Waals surface area contributed by atoms with Gasteiger partial charge in [0.2, 0.25) is 0 Å². The van der Waals surface area contributed by atoms with E-state index in [1.54, 1.807) is 0 Å². The minimum Gasteiger partial charge on any atom is -0.376 e. The van der Waals surface area contributed by atoms with Crippen LogP contribution in [-0.2, 0) is 17.7 Å². The summed E-state index contributed by atoms with van der Waals surface area (Å²) in [5.41, 5.74) is 2.05. The summed E-state index contributed by atoms with van der Waals surface area (Å²) in [6.07, 6.45) is 9.56. The molecule has 0 bridgehead atoms. The highest BCUT2D eigenvalue weighted by atomic mass is 32.2. The third-order valence-corrected chi connectivity index (χ3v) is 6.08. The fraction of sp³-hybridized carbons (Fsp3) is 0.647. The molecule has 0 aliphatic carbocycles. The van der Waals surface area contributed by atoms with Crippen molar-refractivity contribution in [2.45, 2.75) is 56.4 Å². The Hall–Kier alpha value is -1.07. The molecule has 2 aromatic heterocycles. The smallest absolute Gasteiger partial charge is 0.160 e. The second-order valence-corrected chi connectivity index (χ2v) is 7.72. The Bertz CT molecular complexity index is 630. The lowest BCUT2D eigenvalue weighted by Crippen LogP contribution is -2.26. The number of aromatic nitrogens is 3. The number of ether oxygens (including phenoxy) is 1. The molecule has 0 spiro atoms. The third kappa shape index (κ3) is 3.01. The number of hydrogen-bond acceptors (Lipinski definition) is 4. The minimum atomic E-state index is 0.322. The second-order valence-electron chi connectivity index (χ2n) is 6.31. The van der Waals surface area contributed by atoms with Gasteiger partial charge in [0, 0.05) is 24.5 Å². The zero-order valence-corrected chi connectivity index (χ0v) is 13.7. The Kier molecular flexibility index (Phi) is 4.35. The number of thioether (sulfide) groups is 1. The van der Waals surface area contributed by atoms with Crippen LogP contribution in [0.2, 0.25) is 0 Å². The van der Waals surface area contributed by atoms with Crippen LogP contribution in [-0.4, -0.2) is 38.2 Å². The maximum absolute atomic E-state index is 5.94. The van der Waals surface area contributed by atoms with E-state index in [1.165, 1.54) is 37.3 Å². The highest BCUT2D eigenvalue weighted by molar-refractivity contribution is 8.00. The highest BCUT2D eigenvalue weighted by Crippen LogP contribution is 2.30. The molecule has 2 fully saturated rings. The first-order valence-electron chi connectivity index (χ1n) is 8.43. The largest absolute Gasteiger partial charge is 0.376 e. The first kappa shape index (κ1) is 14.5. The molecule has 5 heteroatoms. The third-order valence-electron chi connectivity index (χ3n) is 4.68. The van der Waals surface area contributed by atoms with Crippen LogP contribution in [0.4, 0.5) is 0 Å². The van der Waals surface area contributed by atoms with Crippen LogP contribution in [0.1, 0.15) is 37.9 Å². The lowest BCUT2D eigenvalue weighted by molar-refractivity contribution is 0.00610. The van der Waals surface area contributed by atoms with E-state index in [1.807, 2.05) is 12.3 Å². The van der Waals surface area contributed by atoms with E-state index in [0.717, 1.165) is 42.4 Å². The Labute approximate surface area is 135 Å². The quantitative estimate of drug-likeness (QED) is 0.866. The van der Waals surface area contributed by atoms with Crippen LogP contribution >= 0.6 is 11.8 Å². The Balaban J connectivity index is 1.63. The number of pyridine rings is 1. The zero-order valence-electron chi connectivity index (χ0n) is 12.9. The summed E-state index contributed by atoms with van der Waals surface area (Å²) in [4.78, 5) is 9.45. The van der Waals surface area contributed by atoms with Gasteiger partial charge < -0.3 is 9.30 Å². The standard InChI is InChI=1S/C17H23N3OS/c1-2-9-21-13(5-1)12-20-16(11-14-6-4-10-22-14)19-15-7-3-8-18-17(15)20/h3,7-8,13-14H,1-2,4-6,9-12H2. The van der Waals surface area contributed by atoms with Gasteiger partial charge in [-0.15, -0.1) is 0 Å². The summed E-state index contributed by atoms with van der Waals surface area (Å²) in [6.45, 7) is 1.80. The second kappa shape index (κ2) is 6.59. The molecular formula is C17H23N3OS. The van der Waals surface area contributed by atoms with E-state index in [9.17, 15) is 0 Å². The van der Waals surface area contributed by atoms with Crippen molar-refractivity contribution >= 4 is 22.9 Å². The molecule has 2 aliphatic rings. The summed E-state index contributed by atoms with van der Waals surface area (Å²) < 4.78 is 8.27. The highest BCUT2D eigenvalue weighted by Gasteiger charge is 2.23. The van der Waals surface area contributed by atoms with E-state index < -0.39 is 0 Å². The van der Waals surface area contributed by atoms with Gasteiger partial charge in [-0.3, -0.25) is 0 Å². The van der Waals surface area contributed by atoms with Crippen molar-refractivity contribution in [2.24, 2.45) is 0 Å². The Morgan fingerprint density at radius 2 is 2.27 bits per heavy atom. The van der Waals surface area contributed by atoms with Crippen LogP contribution in [0.15, 0.2) is 18.3 Å². The maximum atomic E-state index is 5.94. The van der Waals surface area contributed by atoms with Crippen LogP contribution < -0.4 is 0 Å². The number of hydrogen-bond donors (Lipinski definition) is 0. The van der Waals surface area contributed by atoms with Crippen molar-refractivity contribution in [3.8, 4) is 0 Å². The molecule has 0 amide bonds. The summed E-state index contributed by atoms with van der Waals surface area (Å²) in [5.74, 6) is 2.50. The molecule has 4 heterocycles. The predicted octanol–water partition coefficient (Wildman–Crippen LogP) is 3.44. The van der Waals surface area contributed by atoms with Gasteiger partial charge >= 0.3 is 0 Å². The van der Waals surface area contributed by atoms with Crippen molar-refractivity contribution in [3.63, 3.8) is 0 Å². The summed E-state index contributed by atoms with van der Waals surface area (Å²) >= 11 is 2.10. The molecule has 0 saturated carbocycles. The van der Waals surface area contributed by atoms with Gasteiger partial charge in [0.05, 0.1) is 12.6 Å². The molecule has 2 unspecified atom stereocenters. The van der Waals surface area contributed by atoms with Gasteiger partial charge in [-0.1, -0.05) is 0 Å². The van der Waals surface area contributed by atoms with Gasteiger partial charge in [0.15, 0.2) is 5.65 Å². The molecule has 2 atom stereocenters. The van der Waals surface area contributed by atoms with E-state index in [-0.39, 0.29) is 0 Å². The zero-order chi connectivity index (χ0) is 14.8. The average Bonchev–Trinajstić information content (AvgIpc) is 3.18. The number of fused-ring (bicyclic) bond motifs is 1. The van der Waals surface area contributed by atoms with Crippen LogP contribution in [0.25, 0.3) is 11.2 Å². The lowest BCUT2D eigenvalue weighted by Gasteiger charge is -2.24. The Morgan fingerprint density at radius 3 is 3.09 bits per heavy atom. The molecule has 4 rings (SSSR count). The maximum Gasteiger partial charge on any atom is 0.160 e. The average molecular weight is 317 g/mol. The fourth-order valence-electron chi connectivity index (χ4n) is 3.52. The van der Waals surface area contributed by atoms with E-state index in [2.05, 4.69) is 27.4 Å². The molecule has 0 radical (unpaired) electrons. The molecule has 2 saturated heterocycles. The van der Waals surface area contributed by atoms with E-state index in [0.29, 0.717) is 6.10 Å². The lowest BCUT2D eigenvalue weighted by atomic mass is 10.1. The van der Waals surface area contributed by atoms with Crippen molar-refractivity contribution < 1.29 is 4.74 Å². The van der Waals surface area contributed by atoms with Gasteiger partial charge in [-0.25, -0.2) is 9.97 Å². The monoisotopic (exact) mass is 317 g/mol. The van der Waals surface area contributed by atoms with E-state index >= 15 is 0 Å². The van der Waals surface area contributed by atoms with Gasteiger partial charge in [0.25, 0.3) is 0 Å². The molecule has 0 N–H and O–H groups in total. The Morgan fingerprint density at radius 1 is 1.27 bits per heavy atom. The number of nitrogens with zero attached hydrogens (tertiary/aromatic N) is 3. The first-order valence-corrected chi connectivity index (χ1v) is 9.48. The molecule has 2 aliphatic heterocycles. The summed E-state index contributed by atoms with van der Waals surface area (Å²) in [5, 5.41) is 0.725. The summed E-state index contributed by atoms with van der Waals surface area (Å²) in [6, 6.07) is 4.05. The number of rotatable bonds is 4. The van der Waals surface area contributed by atoms with Crippen LogP contribution in [0, 0.1) is 0 Å². The van der Waals surface area contributed by atoms with Crippen LogP contribution in [0.3, 0.4) is 0 Å². The van der Waals surface area contributed by atoms with Crippen molar-refractivity contribution in [3.05, 3.63) is 24.2 Å². The molecule has 0 aromatic carbocycles. The topological polar surface area (TPSA) is 39.9 Å². The molecular weight excluding hydrogens is 294 g/mol. The molecule has 2 aromatic rings. The fourth-order valence-corrected chi connectivity index (χ4v) is 4.78.